The maximum Gasteiger partial charge on any atom is 0.305 e. The molecule has 1 aromatic heterocycles. The molecule has 0 amide bonds. The Balaban J connectivity index is 1.70. The van der Waals surface area contributed by atoms with Crippen LogP contribution in [0.3, 0.4) is 0 Å². The zero-order chi connectivity index (χ0) is 23.6. The van der Waals surface area contributed by atoms with Crippen LogP contribution in [-0.2, 0) is 16.0 Å². The molecule has 1 fully saturated rings. The van der Waals surface area contributed by atoms with Gasteiger partial charge < -0.3 is 14.6 Å². The summed E-state index contributed by atoms with van der Waals surface area (Å²) >= 11 is 0. The molecule has 2 aromatic carbocycles. The summed E-state index contributed by atoms with van der Waals surface area (Å²) in [5.74, 6) is 1.23. The molecule has 33 heavy (non-hydrogen) atoms. The number of rotatable bonds is 7. The first-order valence-corrected chi connectivity index (χ1v) is 12.2. The summed E-state index contributed by atoms with van der Waals surface area (Å²) < 4.78 is 7.22. The van der Waals surface area contributed by atoms with Gasteiger partial charge in [-0.25, -0.2) is 4.98 Å². The molecule has 0 aliphatic heterocycles. The highest BCUT2D eigenvalue weighted by atomic mass is 16.5. The molecule has 1 saturated carbocycles. The van der Waals surface area contributed by atoms with Crippen molar-refractivity contribution in [2.45, 2.75) is 78.2 Å². The van der Waals surface area contributed by atoms with Crippen molar-refractivity contribution in [3.05, 3.63) is 53.6 Å². The van der Waals surface area contributed by atoms with Gasteiger partial charge in [0.1, 0.15) is 0 Å². The van der Waals surface area contributed by atoms with Crippen molar-refractivity contribution in [2.24, 2.45) is 5.41 Å². The third-order valence-corrected chi connectivity index (χ3v) is 6.98. The largest absolute Gasteiger partial charge is 0.469 e. The Labute approximate surface area is 197 Å². The number of nitrogens with zero attached hydrogens (tertiary/aromatic N) is 2. The summed E-state index contributed by atoms with van der Waals surface area (Å²) in [5, 5.41) is 3.61. The Bertz CT molecular complexity index is 1110. The van der Waals surface area contributed by atoms with Crippen LogP contribution in [0.15, 0.2) is 42.5 Å². The first-order chi connectivity index (χ1) is 15.8. The number of benzene rings is 2. The number of aryl methyl sites for hydroxylation is 1. The number of esters is 1. The van der Waals surface area contributed by atoms with Gasteiger partial charge in [-0.15, -0.1) is 0 Å². The SMILES string of the molecule is COC(=O)CCc1ccc2c(c1)nc(Nc1ccc(C(C)C)cc1)n2[C@@H]1CCCC(C)(C)C1. The van der Waals surface area contributed by atoms with Crippen molar-refractivity contribution < 1.29 is 9.53 Å². The van der Waals surface area contributed by atoms with E-state index in [0.29, 0.717) is 30.2 Å². The van der Waals surface area contributed by atoms with Crippen LogP contribution >= 0.6 is 0 Å². The molecular weight excluding hydrogens is 410 g/mol. The Morgan fingerprint density at radius 3 is 2.64 bits per heavy atom. The van der Waals surface area contributed by atoms with Crippen molar-refractivity contribution in [3.8, 4) is 0 Å². The zero-order valence-corrected chi connectivity index (χ0v) is 20.6. The van der Waals surface area contributed by atoms with E-state index in [9.17, 15) is 4.79 Å². The van der Waals surface area contributed by atoms with E-state index in [2.05, 4.69) is 80.0 Å². The van der Waals surface area contributed by atoms with Crippen LogP contribution in [0.4, 0.5) is 11.6 Å². The van der Waals surface area contributed by atoms with Crippen molar-refractivity contribution in [3.63, 3.8) is 0 Å². The number of nitrogens with one attached hydrogen (secondary N) is 1. The number of carbonyl (C=O) groups is 1. The van der Waals surface area contributed by atoms with Crippen LogP contribution in [0, 0.1) is 5.41 Å². The molecule has 0 radical (unpaired) electrons. The van der Waals surface area contributed by atoms with Gasteiger partial charge in [0.15, 0.2) is 0 Å². The number of fused-ring (bicyclic) bond motifs is 1. The van der Waals surface area contributed by atoms with Crippen LogP contribution in [0.1, 0.15) is 82.9 Å². The second-order valence-electron chi connectivity index (χ2n) is 10.5. The molecule has 176 valence electrons. The highest BCUT2D eigenvalue weighted by Crippen LogP contribution is 2.43. The van der Waals surface area contributed by atoms with E-state index in [0.717, 1.165) is 34.7 Å². The number of methoxy groups -OCH3 is 1. The Morgan fingerprint density at radius 2 is 1.97 bits per heavy atom. The number of imidazole rings is 1. The number of hydrogen-bond donors (Lipinski definition) is 1. The van der Waals surface area contributed by atoms with E-state index in [1.165, 1.54) is 31.9 Å². The predicted octanol–water partition coefficient (Wildman–Crippen LogP) is 7.15. The summed E-state index contributed by atoms with van der Waals surface area (Å²) in [6.07, 6.45) is 5.85. The van der Waals surface area contributed by atoms with Gasteiger partial charge in [0.05, 0.1) is 18.1 Å². The molecule has 1 aliphatic rings. The monoisotopic (exact) mass is 447 g/mol. The van der Waals surface area contributed by atoms with Gasteiger partial charge in [-0.05, 0) is 72.4 Å². The van der Waals surface area contributed by atoms with Crippen LogP contribution in [0.5, 0.6) is 0 Å². The molecule has 1 N–H and O–H groups in total. The van der Waals surface area contributed by atoms with Gasteiger partial charge in [0.25, 0.3) is 0 Å². The lowest BCUT2D eigenvalue weighted by Gasteiger charge is -2.36. The average Bonchev–Trinajstić information content (AvgIpc) is 3.14. The molecule has 1 aliphatic carbocycles. The maximum atomic E-state index is 11.6. The fourth-order valence-corrected chi connectivity index (χ4v) is 5.07. The lowest BCUT2D eigenvalue weighted by atomic mass is 9.75. The number of anilines is 2. The summed E-state index contributed by atoms with van der Waals surface area (Å²) in [6, 6.07) is 15.5. The third-order valence-electron chi connectivity index (χ3n) is 6.98. The predicted molar refractivity (Wildman–Crippen MR) is 135 cm³/mol. The summed E-state index contributed by atoms with van der Waals surface area (Å²) in [4.78, 5) is 16.6. The molecule has 5 nitrogen and oxygen atoms in total. The molecule has 3 aromatic rings. The van der Waals surface area contributed by atoms with E-state index in [1.54, 1.807) is 0 Å². The normalized spacial score (nSPS) is 17.9. The molecular formula is C28H37N3O2. The highest BCUT2D eigenvalue weighted by molar-refractivity contribution is 5.81. The lowest BCUT2D eigenvalue weighted by Crippen LogP contribution is -2.25. The lowest BCUT2D eigenvalue weighted by molar-refractivity contribution is -0.140. The van der Waals surface area contributed by atoms with Gasteiger partial charge in [0, 0.05) is 18.2 Å². The number of carbonyl (C=O) groups excluding carboxylic acids is 1. The second-order valence-corrected chi connectivity index (χ2v) is 10.5. The molecule has 0 saturated heterocycles. The van der Waals surface area contributed by atoms with E-state index in [4.69, 9.17) is 9.72 Å². The average molecular weight is 448 g/mol. The summed E-state index contributed by atoms with van der Waals surface area (Å²) in [7, 11) is 1.44. The summed E-state index contributed by atoms with van der Waals surface area (Å²) in [5.41, 5.74) is 5.95. The highest BCUT2D eigenvalue weighted by Gasteiger charge is 2.31. The van der Waals surface area contributed by atoms with Gasteiger partial charge in [-0.2, -0.15) is 0 Å². The van der Waals surface area contributed by atoms with E-state index in [-0.39, 0.29) is 5.97 Å². The topological polar surface area (TPSA) is 56.1 Å². The maximum absolute atomic E-state index is 11.6. The van der Waals surface area contributed by atoms with Crippen molar-refractivity contribution in [2.75, 3.05) is 12.4 Å². The van der Waals surface area contributed by atoms with E-state index < -0.39 is 0 Å². The van der Waals surface area contributed by atoms with Crippen molar-refractivity contribution >= 4 is 28.6 Å². The zero-order valence-electron chi connectivity index (χ0n) is 20.6. The van der Waals surface area contributed by atoms with Crippen molar-refractivity contribution in [1.82, 2.24) is 9.55 Å². The number of ether oxygens (including phenoxy) is 1. The fourth-order valence-electron chi connectivity index (χ4n) is 5.07. The van der Waals surface area contributed by atoms with E-state index >= 15 is 0 Å². The van der Waals surface area contributed by atoms with Crippen LogP contribution in [-0.4, -0.2) is 22.6 Å². The Hall–Kier alpha value is -2.82. The first kappa shape index (κ1) is 23.3. The van der Waals surface area contributed by atoms with Crippen LogP contribution in [0.2, 0.25) is 0 Å². The Kier molecular flexibility index (Phi) is 6.78. The minimum Gasteiger partial charge on any atom is -0.469 e. The standard InChI is InChI=1S/C28H37N3O2/c1-19(2)21-10-12-22(13-11-21)29-27-30-24-17-20(9-15-26(32)33-5)8-14-25(24)31(27)23-7-6-16-28(3,4)18-23/h8,10-14,17,19,23H,6-7,9,15-16,18H2,1-5H3,(H,29,30)/t23-/m1/s1. The molecule has 0 bridgehead atoms. The van der Waals surface area contributed by atoms with E-state index in [1.807, 2.05) is 0 Å². The minimum absolute atomic E-state index is 0.183. The molecule has 1 atom stereocenters. The van der Waals surface area contributed by atoms with Crippen LogP contribution < -0.4 is 5.32 Å². The van der Waals surface area contributed by atoms with Gasteiger partial charge in [-0.3, -0.25) is 4.79 Å². The summed E-state index contributed by atoms with van der Waals surface area (Å²) in [6.45, 7) is 9.18. The quantitative estimate of drug-likeness (QED) is 0.391. The van der Waals surface area contributed by atoms with Gasteiger partial charge in [0.2, 0.25) is 5.95 Å². The smallest absolute Gasteiger partial charge is 0.305 e. The molecule has 1 heterocycles. The molecule has 5 heteroatoms. The molecule has 4 rings (SSSR count). The fraction of sp³-hybridized carbons (Fsp3) is 0.500. The Morgan fingerprint density at radius 1 is 1.21 bits per heavy atom. The van der Waals surface area contributed by atoms with Crippen LogP contribution in [0.25, 0.3) is 11.0 Å². The molecule has 0 spiro atoms. The third kappa shape index (κ3) is 5.40. The van der Waals surface area contributed by atoms with Gasteiger partial charge in [-0.1, -0.05) is 52.3 Å². The molecule has 0 unspecified atom stereocenters. The number of hydrogen-bond acceptors (Lipinski definition) is 4. The van der Waals surface area contributed by atoms with Gasteiger partial charge >= 0.3 is 5.97 Å². The number of aromatic nitrogens is 2. The first-order valence-electron chi connectivity index (χ1n) is 12.2. The second kappa shape index (κ2) is 9.58. The minimum atomic E-state index is -0.183. The van der Waals surface area contributed by atoms with Crippen molar-refractivity contribution in [1.29, 1.82) is 0 Å².